The first-order valence-electron chi connectivity index (χ1n) is 7.59. The second-order valence-corrected chi connectivity index (χ2v) is 5.77. The largest absolute Gasteiger partial charge is 0.497 e. The minimum atomic E-state index is 0.714. The van der Waals surface area contributed by atoms with Crippen molar-refractivity contribution in [2.24, 2.45) is 5.92 Å². The molecule has 0 aromatic heterocycles. The highest BCUT2D eigenvalue weighted by Gasteiger charge is 2.37. The Hall–Kier alpha value is -1.58. The molecule has 0 spiro atoms. The molecular formula is C18H23NO2. The lowest BCUT2D eigenvalue weighted by Gasteiger charge is -2.06. The van der Waals surface area contributed by atoms with Crippen molar-refractivity contribution in [3.05, 3.63) is 42.0 Å². The van der Waals surface area contributed by atoms with E-state index in [2.05, 4.69) is 35.6 Å². The predicted molar refractivity (Wildman–Crippen MR) is 86.1 cm³/mol. The summed E-state index contributed by atoms with van der Waals surface area (Å²) in [5.74, 6) is 2.41. The molecule has 0 saturated heterocycles. The summed E-state index contributed by atoms with van der Waals surface area (Å²) >= 11 is 0. The zero-order valence-corrected chi connectivity index (χ0v) is 12.8. The van der Waals surface area contributed by atoms with Crippen molar-refractivity contribution in [3.63, 3.8) is 0 Å². The molecule has 1 aliphatic carbocycles. The summed E-state index contributed by atoms with van der Waals surface area (Å²) in [4.78, 5) is 0. The Bertz CT molecular complexity index is 611. The summed E-state index contributed by atoms with van der Waals surface area (Å²) in [5, 5.41) is 6.00. The maximum absolute atomic E-state index is 5.28. The van der Waals surface area contributed by atoms with E-state index in [1.807, 2.05) is 6.07 Å². The molecule has 1 fully saturated rings. The molecule has 3 nitrogen and oxygen atoms in total. The smallest absolute Gasteiger partial charge is 0.119 e. The topological polar surface area (TPSA) is 30.5 Å². The van der Waals surface area contributed by atoms with Crippen LogP contribution in [0.15, 0.2) is 36.4 Å². The fourth-order valence-corrected chi connectivity index (χ4v) is 2.94. The number of nitrogens with one attached hydrogen (secondary N) is 1. The molecule has 112 valence electrons. The molecule has 3 heteroatoms. The first-order chi connectivity index (χ1) is 10.3. The van der Waals surface area contributed by atoms with Crippen LogP contribution in [0.4, 0.5) is 0 Å². The number of fused-ring (bicyclic) bond motifs is 1. The van der Waals surface area contributed by atoms with Crippen LogP contribution in [-0.2, 0) is 4.74 Å². The highest BCUT2D eigenvalue weighted by molar-refractivity contribution is 5.84. The van der Waals surface area contributed by atoms with Gasteiger partial charge >= 0.3 is 0 Å². The number of methoxy groups -OCH3 is 2. The minimum Gasteiger partial charge on any atom is -0.497 e. The van der Waals surface area contributed by atoms with Gasteiger partial charge in [0.2, 0.25) is 0 Å². The Kier molecular flexibility index (Phi) is 4.42. The van der Waals surface area contributed by atoms with Crippen molar-refractivity contribution >= 4 is 10.8 Å². The standard InChI is InChI=1S/C18H23NO2/c1-20-8-7-19-12-16-11-18(16)15-4-3-14-10-17(21-2)6-5-13(14)9-15/h3-6,9-10,16,18-19H,7-8,11-12H2,1-2H3. The molecule has 0 aliphatic heterocycles. The summed E-state index contributed by atoms with van der Waals surface area (Å²) < 4.78 is 10.3. The van der Waals surface area contributed by atoms with Gasteiger partial charge in [0.15, 0.2) is 0 Å². The zero-order valence-electron chi connectivity index (χ0n) is 12.8. The molecule has 1 saturated carbocycles. The van der Waals surface area contributed by atoms with Gasteiger partial charge in [0.05, 0.1) is 13.7 Å². The van der Waals surface area contributed by atoms with E-state index in [1.54, 1.807) is 14.2 Å². The first kappa shape index (κ1) is 14.4. The maximum atomic E-state index is 5.28. The molecule has 1 aliphatic rings. The van der Waals surface area contributed by atoms with Gasteiger partial charge in [-0.1, -0.05) is 24.3 Å². The Morgan fingerprint density at radius 2 is 1.90 bits per heavy atom. The van der Waals surface area contributed by atoms with Gasteiger partial charge in [0.1, 0.15) is 5.75 Å². The van der Waals surface area contributed by atoms with E-state index >= 15 is 0 Å². The molecule has 2 atom stereocenters. The van der Waals surface area contributed by atoms with E-state index in [-0.39, 0.29) is 0 Å². The maximum Gasteiger partial charge on any atom is 0.119 e. The zero-order chi connectivity index (χ0) is 14.7. The average molecular weight is 285 g/mol. The van der Waals surface area contributed by atoms with Crippen LogP contribution >= 0.6 is 0 Å². The van der Waals surface area contributed by atoms with Crippen LogP contribution in [0.5, 0.6) is 5.75 Å². The molecule has 1 N–H and O–H groups in total. The van der Waals surface area contributed by atoms with Crippen molar-refractivity contribution in [3.8, 4) is 5.75 Å². The predicted octanol–water partition coefficient (Wildman–Crippen LogP) is 3.19. The number of ether oxygens (including phenoxy) is 2. The molecule has 0 radical (unpaired) electrons. The van der Waals surface area contributed by atoms with Gasteiger partial charge in [-0.2, -0.15) is 0 Å². The lowest BCUT2D eigenvalue weighted by molar-refractivity contribution is 0.199. The number of benzene rings is 2. The third kappa shape index (κ3) is 3.36. The van der Waals surface area contributed by atoms with E-state index in [4.69, 9.17) is 9.47 Å². The molecule has 2 unspecified atom stereocenters. The molecule has 0 amide bonds. The highest BCUT2D eigenvalue weighted by atomic mass is 16.5. The van der Waals surface area contributed by atoms with Gasteiger partial charge in [0, 0.05) is 13.7 Å². The summed E-state index contributed by atoms with van der Waals surface area (Å²) in [6.07, 6.45) is 1.29. The summed E-state index contributed by atoms with van der Waals surface area (Å²) in [7, 11) is 3.45. The second kappa shape index (κ2) is 6.46. The van der Waals surface area contributed by atoms with Gasteiger partial charge in [-0.05, 0) is 53.3 Å². The minimum absolute atomic E-state index is 0.714. The van der Waals surface area contributed by atoms with Crippen molar-refractivity contribution in [2.75, 3.05) is 33.9 Å². The lowest BCUT2D eigenvalue weighted by Crippen LogP contribution is -2.21. The van der Waals surface area contributed by atoms with Crippen molar-refractivity contribution < 1.29 is 9.47 Å². The van der Waals surface area contributed by atoms with E-state index < -0.39 is 0 Å². The highest BCUT2D eigenvalue weighted by Crippen LogP contribution is 2.47. The third-order valence-electron chi connectivity index (χ3n) is 4.31. The monoisotopic (exact) mass is 285 g/mol. The van der Waals surface area contributed by atoms with Crippen molar-refractivity contribution in [1.82, 2.24) is 5.32 Å². The number of hydrogen-bond acceptors (Lipinski definition) is 3. The van der Waals surface area contributed by atoms with E-state index in [0.29, 0.717) is 5.92 Å². The average Bonchev–Trinajstić information content (AvgIpc) is 3.30. The van der Waals surface area contributed by atoms with E-state index in [0.717, 1.165) is 31.4 Å². The van der Waals surface area contributed by atoms with Crippen LogP contribution in [0, 0.1) is 5.92 Å². The van der Waals surface area contributed by atoms with Gasteiger partial charge in [-0.25, -0.2) is 0 Å². The van der Waals surface area contributed by atoms with Crippen molar-refractivity contribution in [2.45, 2.75) is 12.3 Å². The number of rotatable bonds is 7. The van der Waals surface area contributed by atoms with Gasteiger partial charge in [-0.3, -0.25) is 0 Å². The fourth-order valence-electron chi connectivity index (χ4n) is 2.94. The van der Waals surface area contributed by atoms with Crippen LogP contribution in [0.2, 0.25) is 0 Å². The Balaban J connectivity index is 1.63. The molecular weight excluding hydrogens is 262 g/mol. The van der Waals surface area contributed by atoms with Crippen LogP contribution < -0.4 is 10.1 Å². The van der Waals surface area contributed by atoms with E-state index in [1.165, 1.54) is 22.8 Å². The molecule has 21 heavy (non-hydrogen) atoms. The van der Waals surface area contributed by atoms with Gasteiger partial charge in [-0.15, -0.1) is 0 Å². The third-order valence-corrected chi connectivity index (χ3v) is 4.31. The Morgan fingerprint density at radius 3 is 2.71 bits per heavy atom. The summed E-state index contributed by atoms with van der Waals surface area (Å²) in [5.41, 5.74) is 1.46. The quantitative estimate of drug-likeness (QED) is 0.793. The second-order valence-electron chi connectivity index (χ2n) is 5.77. The SMILES string of the molecule is COCCNCC1CC1c1ccc2cc(OC)ccc2c1. The number of hydrogen-bond donors (Lipinski definition) is 1. The van der Waals surface area contributed by atoms with Gasteiger partial charge < -0.3 is 14.8 Å². The van der Waals surface area contributed by atoms with Crippen LogP contribution in [0.25, 0.3) is 10.8 Å². The normalized spacial score (nSPS) is 20.7. The fraction of sp³-hybridized carbons (Fsp3) is 0.444. The molecule has 2 aromatic carbocycles. The Morgan fingerprint density at radius 1 is 1.10 bits per heavy atom. The lowest BCUT2D eigenvalue weighted by atomic mass is 10.0. The van der Waals surface area contributed by atoms with Crippen LogP contribution in [0.3, 0.4) is 0 Å². The molecule has 0 heterocycles. The molecule has 2 aromatic rings. The molecule has 0 bridgehead atoms. The first-order valence-corrected chi connectivity index (χ1v) is 7.59. The van der Waals surface area contributed by atoms with Crippen LogP contribution in [0.1, 0.15) is 17.9 Å². The van der Waals surface area contributed by atoms with Crippen LogP contribution in [-0.4, -0.2) is 33.9 Å². The molecule has 3 rings (SSSR count). The summed E-state index contributed by atoms with van der Waals surface area (Å²) in [6.45, 7) is 2.82. The van der Waals surface area contributed by atoms with E-state index in [9.17, 15) is 0 Å². The Labute approximate surface area is 126 Å². The van der Waals surface area contributed by atoms with Gasteiger partial charge in [0.25, 0.3) is 0 Å². The van der Waals surface area contributed by atoms with Crippen molar-refractivity contribution in [1.29, 1.82) is 0 Å². The summed E-state index contributed by atoms with van der Waals surface area (Å²) in [6, 6.07) is 13.1.